The monoisotopic (exact) mass is 346 g/mol. The highest BCUT2D eigenvalue weighted by molar-refractivity contribution is 9.10. The van der Waals surface area contributed by atoms with E-state index >= 15 is 0 Å². The van der Waals surface area contributed by atoms with Crippen molar-refractivity contribution >= 4 is 15.9 Å². The predicted molar refractivity (Wildman–Crippen MR) is 71.1 cm³/mol. The molecule has 1 aromatic carbocycles. The minimum Gasteiger partial charge on any atom is -0.405 e. The van der Waals surface area contributed by atoms with Crippen LogP contribution in [0.3, 0.4) is 0 Å². The Hall–Kier alpha value is -1.60. The standard InChI is InChI=1S/C13H10BrF3N2O/c14-9-5-8(6-19-7-9)12(18)10-3-1-2-4-11(10)20-13(15,16)17/h1-7,12H,18H2. The zero-order chi connectivity index (χ0) is 14.8. The number of alkyl halides is 3. The zero-order valence-electron chi connectivity index (χ0n) is 10.1. The van der Waals surface area contributed by atoms with Gasteiger partial charge in [0.05, 0.1) is 6.04 Å². The molecule has 2 aromatic rings. The molecule has 1 unspecified atom stereocenters. The molecule has 0 fully saturated rings. The fourth-order valence-electron chi connectivity index (χ4n) is 1.73. The van der Waals surface area contributed by atoms with Gasteiger partial charge in [-0.15, -0.1) is 13.2 Å². The summed E-state index contributed by atoms with van der Waals surface area (Å²) in [5.41, 5.74) is 6.82. The SMILES string of the molecule is NC(c1cncc(Br)c1)c1ccccc1OC(F)(F)F. The van der Waals surface area contributed by atoms with Crippen molar-refractivity contribution in [2.45, 2.75) is 12.4 Å². The van der Waals surface area contributed by atoms with Gasteiger partial charge in [-0.3, -0.25) is 4.98 Å². The highest BCUT2D eigenvalue weighted by Crippen LogP contribution is 2.32. The Morgan fingerprint density at radius 2 is 1.90 bits per heavy atom. The Balaban J connectivity index is 2.37. The molecule has 0 bridgehead atoms. The van der Waals surface area contributed by atoms with Crippen LogP contribution in [0.4, 0.5) is 13.2 Å². The van der Waals surface area contributed by atoms with Crippen molar-refractivity contribution in [3.63, 3.8) is 0 Å². The number of pyridine rings is 1. The first-order valence-corrected chi connectivity index (χ1v) is 6.37. The van der Waals surface area contributed by atoms with Crippen LogP contribution < -0.4 is 10.5 Å². The predicted octanol–water partition coefficient (Wildman–Crippen LogP) is 3.79. The van der Waals surface area contributed by atoms with Gasteiger partial charge in [0.15, 0.2) is 0 Å². The van der Waals surface area contributed by atoms with Crippen LogP contribution in [0.5, 0.6) is 5.75 Å². The molecule has 0 aliphatic rings. The number of nitrogens with zero attached hydrogens (tertiary/aromatic N) is 1. The molecule has 1 atom stereocenters. The van der Waals surface area contributed by atoms with E-state index in [-0.39, 0.29) is 11.3 Å². The van der Waals surface area contributed by atoms with Crippen LogP contribution in [-0.2, 0) is 0 Å². The van der Waals surface area contributed by atoms with Crippen molar-refractivity contribution in [1.82, 2.24) is 4.98 Å². The number of aromatic nitrogens is 1. The fourth-order valence-corrected chi connectivity index (χ4v) is 2.12. The van der Waals surface area contributed by atoms with Gasteiger partial charge in [0.1, 0.15) is 5.75 Å². The molecule has 1 aromatic heterocycles. The van der Waals surface area contributed by atoms with Crippen LogP contribution >= 0.6 is 15.9 Å². The maximum absolute atomic E-state index is 12.4. The van der Waals surface area contributed by atoms with Gasteiger partial charge >= 0.3 is 6.36 Å². The van der Waals surface area contributed by atoms with Gasteiger partial charge in [-0.1, -0.05) is 18.2 Å². The third-order valence-electron chi connectivity index (χ3n) is 2.56. The largest absolute Gasteiger partial charge is 0.573 e. The fraction of sp³-hybridized carbons (Fsp3) is 0.154. The number of halogens is 4. The lowest BCUT2D eigenvalue weighted by atomic mass is 10.0. The summed E-state index contributed by atoms with van der Waals surface area (Å²) in [5.74, 6) is -0.313. The van der Waals surface area contributed by atoms with E-state index in [2.05, 4.69) is 25.7 Å². The lowest BCUT2D eigenvalue weighted by Crippen LogP contribution is -2.20. The zero-order valence-corrected chi connectivity index (χ0v) is 11.6. The summed E-state index contributed by atoms with van der Waals surface area (Å²) in [4.78, 5) is 3.95. The summed E-state index contributed by atoms with van der Waals surface area (Å²) in [5, 5.41) is 0. The molecular formula is C13H10BrF3N2O. The lowest BCUT2D eigenvalue weighted by Gasteiger charge is -2.18. The maximum atomic E-state index is 12.4. The minimum absolute atomic E-state index is 0.240. The summed E-state index contributed by atoms with van der Waals surface area (Å²) in [6.07, 6.45) is -1.69. The van der Waals surface area contributed by atoms with E-state index in [1.165, 1.54) is 24.4 Å². The number of hydrogen-bond donors (Lipinski definition) is 1. The van der Waals surface area contributed by atoms with Crippen molar-refractivity contribution < 1.29 is 17.9 Å². The average Bonchev–Trinajstić information content (AvgIpc) is 2.37. The van der Waals surface area contributed by atoms with E-state index in [0.717, 1.165) is 0 Å². The molecule has 7 heteroatoms. The highest BCUT2D eigenvalue weighted by Gasteiger charge is 2.32. The van der Waals surface area contributed by atoms with Crippen LogP contribution in [-0.4, -0.2) is 11.3 Å². The van der Waals surface area contributed by atoms with Gasteiger partial charge in [0, 0.05) is 22.4 Å². The van der Waals surface area contributed by atoms with Crippen LogP contribution in [0, 0.1) is 0 Å². The van der Waals surface area contributed by atoms with Crippen molar-refractivity contribution in [3.05, 3.63) is 58.3 Å². The normalized spacial score (nSPS) is 13.1. The molecular weight excluding hydrogens is 337 g/mol. The van der Waals surface area contributed by atoms with E-state index in [4.69, 9.17) is 5.73 Å². The maximum Gasteiger partial charge on any atom is 0.573 e. The second-order valence-corrected chi connectivity index (χ2v) is 4.92. The molecule has 2 N–H and O–H groups in total. The first-order chi connectivity index (χ1) is 9.37. The highest BCUT2D eigenvalue weighted by atomic mass is 79.9. The van der Waals surface area contributed by atoms with Crippen molar-refractivity contribution in [3.8, 4) is 5.75 Å². The van der Waals surface area contributed by atoms with Crippen molar-refractivity contribution in [1.29, 1.82) is 0 Å². The molecule has 2 rings (SSSR count). The smallest absolute Gasteiger partial charge is 0.405 e. The van der Waals surface area contributed by atoms with Crippen LogP contribution in [0.2, 0.25) is 0 Å². The van der Waals surface area contributed by atoms with Gasteiger partial charge < -0.3 is 10.5 Å². The van der Waals surface area contributed by atoms with E-state index < -0.39 is 12.4 Å². The topological polar surface area (TPSA) is 48.1 Å². The van der Waals surface area contributed by atoms with Gasteiger partial charge in [-0.05, 0) is 33.6 Å². The summed E-state index contributed by atoms with van der Waals surface area (Å²) in [6.45, 7) is 0. The first kappa shape index (κ1) is 14.8. The third-order valence-corrected chi connectivity index (χ3v) is 3.00. The number of rotatable bonds is 3. The Morgan fingerprint density at radius 1 is 1.20 bits per heavy atom. The average molecular weight is 347 g/mol. The quantitative estimate of drug-likeness (QED) is 0.919. The van der Waals surface area contributed by atoms with Gasteiger partial charge in [0.2, 0.25) is 0 Å². The van der Waals surface area contributed by atoms with Crippen LogP contribution in [0.1, 0.15) is 17.2 Å². The molecule has 20 heavy (non-hydrogen) atoms. The van der Waals surface area contributed by atoms with Crippen molar-refractivity contribution in [2.75, 3.05) is 0 Å². The molecule has 0 radical (unpaired) electrons. The third kappa shape index (κ3) is 3.71. The van der Waals surface area contributed by atoms with Gasteiger partial charge in [-0.2, -0.15) is 0 Å². The Bertz CT molecular complexity index is 604. The van der Waals surface area contributed by atoms with Crippen LogP contribution in [0.15, 0.2) is 47.2 Å². The van der Waals surface area contributed by atoms with Gasteiger partial charge in [-0.25, -0.2) is 0 Å². The Kier molecular flexibility index (Phi) is 4.29. The van der Waals surface area contributed by atoms with E-state index in [1.54, 1.807) is 18.3 Å². The van der Waals surface area contributed by atoms with Crippen molar-refractivity contribution in [2.24, 2.45) is 5.73 Å². The second kappa shape index (κ2) is 5.80. The first-order valence-electron chi connectivity index (χ1n) is 5.57. The van der Waals surface area contributed by atoms with E-state index in [1.807, 2.05) is 0 Å². The van der Waals surface area contributed by atoms with Gasteiger partial charge in [0.25, 0.3) is 0 Å². The van der Waals surface area contributed by atoms with E-state index in [0.29, 0.717) is 10.0 Å². The summed E-state index contributed by atoms with van der Waals surface area (Å²) in [7, 11) is 0. The lowest BCUT2D eigenvalue weighted by molar-refractivity contribution is -0.274. The Labute approximate surface area is 121 Å². The van der Waals surface area contributed by atoms with E-state index in [9.17, 15) is 13.2 Å². The molecule has 106 valence electrons. The van der Waals surface area contributed by atoms with Crippen LogP contribution in [0.25, 0.3) is 0 Å². The summed E-state index contributed by atoms with van der Waals surface area (Å²) >= 11 is 3.24. The second-order valence-electron chi connectivity index (χ2n) is 4.00. The Morgan fingerprint density at radius 3 is 2.55 bits per heavy atom. The molecule has 1 heterocycles. The molecule has 3 nitrogen and oxygen atoms in total. The number of para-hydroxylation sites is 1. The molecule has 0 amide bonds. The molecule has 0 saturated carbocycles. The molecule has 0 saturated heterocycles. The summed E-state index contributed by atoms with van der Waals surface area (Å²) in [6, 6.07) is 6.71. The number of benzene rings is 1. The molecule has 0 aliphatic heterocycles. The number of hydrogen-bond acceptors (Lipinski definition) is 3. The number of nitrogens with two attached hydrogens (primary N) is 1. The molecule has 0 aliphatic carbocycles. The molecule has 0 spiro atoms. The minimum atomic E-state index is -4.76. The number of ether oxygens (including phenoxy) is 1. The summed E-state index contributed by atoms with van der Waals surface area (Å²) < 4.78 is 41.8.